The largest absolute Gasteiger partial charge is 0.491 e. The van der Waals surface area contributed by atoms with Gasteiger partial charge < -0.3 is 24.8 Å². The standard InChI is InChI=1S/C27H30Cl2N8O3/c1-14-22(23-15(2)24(29)35-36(23)4)33-25(19-8-18(6-7-20(19)28)40-13-17(38)10-30-3)34-26(14)37-11-16-9-31-27(39-5)32-21(16)12-37/h6-9,17,30,38H,10-13H2,1-5H3/t17-/m1/s1. The molecule has 3 aromatic heterocycles. The minimum Gasteiger partial charge on any atom is -0.491 e. The number of hydrogen-bond donors (Lipinski definition) is 2. The van der Waals surface area contributed by atoms with Crippen LogP contribution >= 0.6 is 23.2 Å². The van der Waals surface area contributed by atoms with E-state index in [1.807, 2.05) is 20.9 Å². The van der Waals surface area contributed by atoms with E-state index in [2.05, 4.69) is 25.3 Å². The van der Waals surface area contributed by atoms with Crippen molar-refractivity contribution in [3.63, 3.8) is 0 Å². The Kier molecular flexibility index (Phi) is 8.09. The lowest BCUT2D eigenvalue weighted by molar-refractivity contribution is 0.108. The number of fused-ring (bicyclic) bond motifs is 1. The topological polar surface area (TPSA) is 123 Å². The van der Waals surface area contributed by atoms with Crippen molar-refractivity contribution in [2.45, 2.75) is 33.0 Å². The van der Waals surface area contributed by atoms with Crippen LogP contribution in [0.5, 0.6) is 11.8 Å². The smallest absolute Gasteiger partial charge is 0.316 e. The summed E-state index contributed by atoms with van der Waals surface area (Å²) in [5, 5.41) is 18.3. The maximum atomic E-state index is 10.1. The highest BCUT2D eigenvalue weighted by Crippen LogP contribution is 2.38. The third-order valence-electron chi connectivity index (χ3n) is 6.75. The van der Waals surface area contributed by atoms with Crippen LogP contribution in [-0.4, -0.2) is 68.2 Å². The van der Waals surface area contributed by atoms with Gasteiger partial charge in [-0.2, -0.15) is 10.1 Å². The van der Waals surface area contributed by atoms with Gasteiger partial charge in [0, 0.05) is 48.6 Å². The van der Waals surface area contributed by atoms with E-state index < -0.39 is 6.10 Å². The Hall–Kier alpha value is -3.51. The molecule has 0 spiro atoms. The van der Waals surface area contributed by atoms with Gasteiger partial charge in [0.05, 0.1) is 35.8 Å². The first-order chi connectivity index (χ1) is 19.2. The molecule has 5 rings (SSSR count). The van der Waals surface area contributed by atoms with Crippen LogP contribution in [0.3, 0.4) is 0 Å². The number of aliphatic hydroxyl groups is 1. The van der Waals surface area contributed by atoms with Crippen LogP contribution in [-0.2, 0) is 20.1 Å². The Labute approximate surface area is 242 Å². The molecular weight excluding hydrogens is 555 g/mol. The summed E-state index contributed by atoms with van der Waals surface area (Å²) >= 11 is 13.1. The number of ether oxygens (including phenoxy) is 2. The molecule has 11 nitrogen and oxygen atoms in total. The molecule has 13 heteroatoms. The van der Waals surface area contributed by atoms with Gasteiger partial charge >= 0.3 is 6.01 Å². The number of nitrogens with zero attached hydrogens (tertiary/aromatic N) is 7. The van der Waals surface area contributed by atoms with Crippen LogP contribution in [0.1, 0.15) is 22.4 Å². The van der Waals surface area contributed by atoms with Crippen LogP contribution < -0.4 is 19.7 Å². The molecule has 1 atom stereocenters. The first kappa shape index (κ1) is 28.0. The van der Waals surface area contributed by atoms with E-state index in [1.54, 1.807) is 43.2 Å². The summed E-state index contributed by atoms with van der Waals surface area (Å²) in [5.74, 6) is 1.68. The van der Waals surface area contributed by atoms with Gasteiger partial charge in [0.25, 0.3) is 0 Å². The Morgan fingerprint density at radius 1 is 1.12 bits per heavy atom. The molecule has 0 saturated carbocycles. The maximum absolute atomic E-state index is 10.1. The van der Waals surface area contributed by atoms with Crippen LogP contribution in [0, 0.1) is 13.8 Å². The first-order valence-electron chi connectivity index (χ1n) is 12.7. The van der Waals surface area contributed by atoms with Crippen LogP contribution in [0.2, 0.25) is 10.2 Å². The van der Waals surface area contributed by atoms with Crippen molar-refractivity contribution in [1.29, 1.82) is 0 Å². The number of aryl methyl sites for hydroxylation is 1. The summed E-state index contributed by atoms with van der Waals surface area (Å²) in [6, 6.07) is 5.59. The Balaban J connectivity index is 1.61. The van der Waals surface area contributed by atoms with Gasteiger partial charge in [-0.3, -0.25) is 4.68 Å². The van der Waals surface area contributed by atoms with Gasteiger partial charge in [-0.15, -0.1) is 0 Å². The van der Waals surface area contributed by atoms with E-state index in [9.17, 15) is 5.11 Å². The second-order valence-electron chi connectivity index (χ2n) is 9.58. The SMILES string of the molecule is CNC[C@@H](O)COc1ccc(Cl)c(-c2nc(-c3c(C)c(Cl)nn3C)c(C)c(N3Cc4cnc(OC)nc4C3)n2)c1. The molecular formula is C27H30Cl2N8O3. The molecule has 1 aromatic carbocycles. The van der Waals surface area contributed by atoms with E-state index >= 15 is 0 Å². The molecule has 0 fully saturated rings. The number of benzene rings is 1. The summed E-state index contributed by atoms with van der Waals surface area (Å²) in [5.41, 5.74) is 5.60. The van der Waals surface area contributed by atoms with E-state index in [0.717, 1.165) is 33.9 Å². The minimum atomic E-state index is -0.658. The van der Waals surface area contributed by atoms with E-state index in [0.29, 0.717) is 58.7 Å². The van der Waals surface area contributed by atoms with Crippen molar-refractivity contribution in [1.82, 2.24) is 35.0 Å². The van der Waals surface area contributed by atoms with Gasteiger partial charge in [-0.25, -0.2) is 15.0 Å². The summed E-state index contributed by atoms with van der Waals surface area (Å²) in [6.07, 6.45) is 1.12. The van der Waals surface area contributed by atoms with Gasteiger partial charge in [-0.05, 0) is 39.1 Å². The number of likely N-dealkylation sites (N-methyl/N-ethyl adjacent to an activating group) is 1. The highest BCUT2D eigenvalue weighted by molar-refractivity contribution is 6.33. The number of anilines is 1. The molecule has 210 valence electrons. The van der Waals surface area contributed by atoms with Crippen LogP contribution in [0.25, 0.3) is 22.8 Å². The number of rotatable bonds is 9. The highest BCUT2D eigenvalue weighted by Gasteiger charge is 2.28. The number of hydrogen-bond acceptors (Lipinski definition) is 10. The van der Waals surface area contributed by atoms with E-state index in [4.69, 9.17) is 42.6 Å². The maximum Gasteiger partial charge on any atom is 0.316 e. The second-order valence-corrected chi connectivity index (χ2v) is 10.3. The summed E-state index contributed by atoms with van der Waals surface area (Å²) in [6.45, 7) is 5.52. The zero-order chi connectivity index (χ0) is 28.6. The highest BCUT2D eigenvalue weighted by atomic mass is 35.5. The molecule has 4 heterocycles. The van der Waals surface area contributed by atoms with Crippen molar-refractivity contribution in [2.75, 3.05) is 32.2 Å². The number of aromatic nitrogens is 6. The normalized spacial score (nSPS) is 13.4. The Morgan fingerprint density at radius 2 is 1.93 bits per heavy atom. The number of halogens is 2. The fourth-order valence-corrected chi connectivity index (χ4v) is 5.13. The van der Waals surface area contributed by atoms with Crippen molar-refractivity contribution in [3.05, 3.63) is 57.0 Å². The van der Waals surface area contributed by atoms with Crippen molar-refractivity contribution >= 4 is 29.0 Å². The lowest BCUT2D eigenvalue weighted by Crippen LogP contribution is -2.29. The Bertz CT molecular complexity index is 1560. The molecule has 1 aliphatic heterocycles. The molecule has 1 aliphatic rings. The predicted octanol–water partition coefficient (Wildman–Crippen LogP) is 3.75. The fourth-order valence-electron chi connectivity index (χ4n) is 4.73. The van der Waals surface area contributed by atoms with E-state index in [1.165, 1.54) is 0 Å². The third kappa shape index (κ3) is 5.42. The monoisotopic (exact) mass is 584 g/mol. The van der Waals surface area contributed by atoms with Crippen molar-refractivity contribution < 1.29 is 14.6 Å². The van der Waals surface area contributed by atoms with Gasteiger partial charge in [0.1, 0.15) is 24.3 Å². The molecule has 2 N–H and O–H groups in total. The quantitative estimate of drug-likeness (QED) is 0.300. The average molecular weight is 585 g/mol. The predicted molar refractivity (Wildman–Crippen MR) is 153 cm³/mol. The molecule has 0 radical (unpaired) electrons. The number of methoxy groups -OCH3 is 1. The van der Waals surface area contributed by atoms with Crippen LogP contribution in [0.4, 0.5) is 5.82 Å². The fraction of sp³-hybridized carbons (Fsp3) is 0.370. The summed E-state index contributed by atoms with van der Waals surface area (Å²) in [7, 11) is 5.15. The summed E-state index contributed by atoms with van der Waals surface area (Å²) in [4.78, 5) is 20.9. The average Bonchev–Trinajstić information content (AvgIpc) is 3.47. The molecule has 0 unspecified atom stereocenters. The minimum absolute atomic E-state index is 0.121. The molecule has 0 saturated heterocycles. The molecule has 40 heavy (non-hydrogen) atoms. The van der Waals surface area contributed by atoms with E-state index in [-0.39, 0.29) is 6.61 Å². The molecule has 0 aliphatic carbocycles. The third-order valence-corrected chi connectivity index (χ3v) is 7.44. The van der Waals surface area contributed by atoms with Crippen LogP contribution in [0.15, 0.2) is 24.4 Å². The zero-order valence-corrected chi connectivity index (χ0v) is 24.4. The lowest BCUT2D eigenvalue weighted by atomic mass is 10.1. The molecule has 4 aromatic rings. The number of nitrogens with one attached hydrogen (secondary N) is 1. The second kappa shape index (κ2) is 11.5. The first-order valence-corrected chi connectivity index (χ1v) is 13.4. The zero-order valence-electron chi connectivity index (χ0n) is 22.9. The van der Waals surface area contributed by atoms with Crippen molar-refractivity contribution in [3.8, 4) is 34.5 Å². The van der Waals surface area contributed by atoms with Crippen molar-refractivity contribution in [2.24, 2.45) is 7.05 Å². The number of aliphatic hydroxyl groups excluding tert-OH is 1. The van der Waals surface area contributed by atoms with Gasteiger partial charge in [0.15, 0.2) is 11.0 Å². The lowest BCUT2D eigenvalue weighted by Gasteiger charge is -2.22. The Morgan fingerprint density at radius 3 is 2.62 bits per heavy atom. The van der Waals surface area contributed by atoms with Gasteiger partial charge in [-0.1, -0.05) is 23.2 Å². The molecule has 0 amide bonds. The molecule has 0 bridgehead atoms. The van der Waals surface area contributed by atoms with Gasteiger partial charge in [0.2, 0.25) is 0 Å². The summed E-state index contributed by atoms with van der Waals surface area (Å²) < 4.78 is 12.8.